The monoisotopic (exact) mass is 314 g/mol. The number of hydrogen-bond acceptors (Lipinski definition) is 4. The molecular formula is C14H22N2O2S2. The van der Waals surface area contributed by atoms with Gasteiger partial charge in [-0.1, -0.05) is 19.1 Å². The minimum absolute atomic E-state index is 0.162. The van der Waals surface area contributed by atoms with Crippen molar-refractivity contribution in [2.24, 2.45) is 5.14 Å². The van der Waals surface area contributed by atoms with Gasteiger partial charge in [-0.15, -0.1) is 0 Å². The van der Waals surface area contributed by atoms with Crippen molar-refractivity contribution in [1.29, 1.82) is 0 Å². The number of sulfonamides is 1. The molecule has 1 aliphatic rings. The first kappa shape index (κ1) is 15.8. The lowest BCUT2D eigenvalue weighted by atomic mass is 10.0. The zero-order valence-electron chi connectivity index (χ0n) is 11.9. The molecule has 3 N–H and O–H groups in total. The van der Waals surface area contributed by atoms with Crippen molar-refractivity contribution in [2.45, 2.75) is 48.9 Å². The van der Waals surface area contributed by atoms with Gasteiger partial charge in [0.25, 0.3) is 0 Å². The van der Waals surface area contributed by atoms with Crippen molar-refractivity contribution in [3.63, 3.8) is 0 Å². The van der Waals surface area contributed by atoms with E-state index in [9.17, 15) is 8.42 Å². The van der Waals surface area contributed by atoms with Crippen molar-refractivity contribution in [1.82, 2.24) is 5.32 Å². The Morgan fingerprint density at radius 3 is 2.55 bits per heavy atom. The highest BCUT2D eigenvalue weighted by atomic mass is 32.2. The molecule has 0 amide bonds. The van der Waals surface area contributed by atoms with Gasteiger partial charge < -0.3 is 5.32 Å². The third kappa shape index (κ3) is 3.97. The number of nitrogens with one attached hydrogen (secondary N) is 1. The third-order valence-corrected chi connectivity index (χ3v) is 6.09. The zero-order valence-corrected chi connectivity index (χ0v) is 13.5. The standard InChI is InChI=1S/C14H22N2O2S2/c1-10(16-14-4-3-9-19-11(14)2)12-5-7-13(8-6-12)20(15,17)18/h5-8,10-11,14,16H,3-4,9H2,1-2H3,(H2,15,17,18). The van der Waals surface area contributed by atoms with E-state index in [4.69, 9.17) is 5.14 Å². The van der Waals surface area contributed by atoms with Gasteiger partial charge in [-0.3, -0.25) is 0 Å². The molecule has 2 rings (SSSR count). The summed E-state index contributed by atoms with van der Waals surface area (Å²) in [6, 6.07) is 7.53. The predicted octanol–water partition coefficient (Wildman–Crippen LogP) is 2.27. The quantitative estimate of drug-likeness (QED) is 0.894. The van der Waals surface area contributed by atoms with Crippen LogP contribution in [0.5, 0.6) is 0 Å². The summed E-state index contributed by atoms with van der Waals surface area (Å²) in [4.78, 5) is 0.162. The van der Waals surface area contributed by atoms with Crippen LogP contribution in [0.1, 0.15) is 38.3 Å². The van der Waals surface area contributed by atoms with Gasteiger partial charge in [-0.2, -0.15) is 11.8 Å². The Morgan fingerprint density at radius 2 is 2.00 bits per heavy atom. The average molecular weight is 314 g/mol. The maximum absolute atomic E-state index is 11.2. The first-order valence-electron chi connectivity index (χ1n) is 6.88. The summed E-state index contributed by atoms with van der Waals surface area (Å²) in [5.41, 5.74) is 1.08. The summed E-state index contributed by atoms with van der Waals surface area (Å²) in [5, 5.41) is 9.37. The van der Waals surface area contributed by atoms with Gasteiger partial charge >= 0.3 is 0 Å². The van der Waals surface area contributed by atoms with Crippen molar-refractivity contribution >= 4 is 21.8 Å². The maximum atomic E-state index is 11.2. The summed E-state index contributed by atoms with van der Waals surface area (Å²) in [5.74, 6) is 1.25. The minimum Gasteiger partial charge on any atom is -0.306 e. The van der Waals surface area contributed by atoms with Crippen LogP contribution in [0.2, 0.25) is 0 Å². The predicted molar refractivity (Wildman–Crippen MR) is 84.3 cm³/mol. The smallest absolute Gasteiger partial charge is 0.238 e. The highest BCUT2D eigenvalue weighted by molar-refractivity contribution is 7.99. The lowest BCUT2D eigenvalue weighted by Gasteiger charge is -2.32. The van der Waals surface area contributed by atoms with E-state index in [2.05, 4.69) is 19.2 Å². The fraction of sp³-hybridized carbons (Fsp3) is 0.571. The van der Waals surface area contributed by atoms with Crippen LogP contribution in [0.4, 0.5) is 0 Å². The van der Waals surface area contributed by atoms with Crippen molar-refractivity contribution in [2.75, 3.05) is 5.75 Å². The van der Waals surface area contributed by atoms with Crippen LogP contribution >= 0.6 is 11.8 Å². The van der Waals surface area contributed by atoms with Gasteiger partial charge in [0, 0.05) is 17.3 Å². The molecule has 0 radical (unpaired) electrons. The Bertz CT molecular complexity index is 543. The molecule has 1 aromatic carbocycles. The summed E-state index contributed by atoms with van der Waals surface area (Å²) < 4.78 is 22.5. The van der Waals surface area contributed by atoms with Crippen molar-refractivity contribution < 1.29 is 8.42 Å². The molecule has 4 nitrogen and oxygen atoms in total. The Balaban J connectivity index is 2.03. The van der Waals surface area contributed by atoms with Gasteiger partial charge in [0.15, 0.2) is 0 Å². The van der Waals surface area contributed by atoms with Gasteiger partial charge in [-0.05, 0) is 43.2 Å². The summed E-state index contributed by atoms with van der Waals surface area (Å²) in [7, 11) is -3.60. The van der Waals surface area contributed by atoms with Gasteiger partial charge in [-0.25, -0.2) is 13.6 Å². The van der Waals surface area contributed by atoms with E-state index in [0.29, 0.717) is 11.3 Å². The number of primary sulfonamides is 1. The highest BCUT2D eigenvalue weighted by Gasteiger charge is 2.23. The molecular weight excluding hydrogens is 292 g/mol. The first-order chi connectivity index (χ1) is 9.38. The Kier molecular flexibility index (Phi) is 5.12. The molecule has 1 aliphatic heterocycles. The van der Waals surface area contributed by atoms with Crippen LogP contribution in [0.15, 0.2) is 29.2 Å². The zero-order chi connectivity index (χ0) is 14.8. The number of thioether (sulfide) groups is 1. The van der Waals surface area contributed by atoms with Gasteiger partial charge in [0.2, 0.25) is 10.0 Å². The van der Waals surface area contributed by atoms with Gasteiger partial charge in [0.1, 0.15) is 0 Å². The van der Waals surface area contributed by atoms with E-state index >= 15 is 0 Å². The maximum Gasteiger partial charge on any atom is 0.238 e. The number of hydrogen-bond donors (Lipinski definition) is 2. The van der Waals surface area contributed by atoms with Crippen molar-refractivity contribution in [3.05, 3.63) is 29.8 Å². The molecule has 1 heterocycles. The first-order valence-corrected chi connectivity index (χ1v) is 9.48. The van der Waals surface area contributed by atoms with Crippen molar-refractivity contribution in [3.8, 4) is 0 Å². The molecule has 20 heavy (non-hydrogen) atoms. The second kappa shape index (κ2) is 6.47. The van der Waals surface area contributed by atoms with E-state index in [0.717, 1.165) is 5.56 Å². The summed E-state index contributed by atoms with van der Waals surface area (Å²) >= 11 is 2.01. The highest BCUT2D eigenvalue weighted by Crippen LogP contribution is 2.27. The number of benzene rings is 1. The molecule has 3 unspecified atom stereocenters. The second-order valence-corrected chi connectivity index (χ2v) is 8.37. The minimum atomic E-state index is -3.60. The van der Waals surface area contributed by atoms with Crippen LogP contribution < -0.4 is 10.5 Å². The van der Waals surface area contributed by atoms with Crippen LogP contribution in [0, 0.1) is 0 Å². The molecule has 1 aromatic rings. The lowest BCUT2D eigenvalue weighted by Crippen LogP contribution is -2.40. The Hall–Kier alpha value is -0.560. The number of rotatable bonds is 4. The molecule has 0 bridgehead atoms. The van der Waals surface area contributed by atoms with E-state index in [1.807, 2.05) is 23.9 Å². The molecule has 1 saturated heterocycles. The largest absolute Gasteiger partial charge is 0.306 e. The fourth-order valence-corrected chi connectivity index (χ4v) is 4.17. The topological polar surface area (TPSA) is 72.2 Å². The molecule has 0 spiro atoms. The van der Waals surface area contributed by atoms with E-state index in [1.54, 1.807) is 12.1 Å². The molecule has 0 saturated carbocycles. The Labute approximate surface area is 125 Å². The van der Waals surface area contributed by atoms with E-state index < -0.39 is 10.0 Å². The van der Waals surface area contributed by atoms with Crippen LogP contribution in [0.3, 0.4) is 0 Å². The lowest BCUT2D eigenvalue weighted by molar-refractivity contribution is 0.417. The average Bonchev–Trinajstić information content (AvgIpc) is 2.40. The molecule has 0 aromatic heterocycles. The second-order valence-electron chi connectivity index (χ2n) is 5.33. The molecule has 112 valence electrons. The van der Waals surface area contributed by atoms with Crippen LogP contribution in [-0.4, -0.2) is 25.5 Å². The number of nitrogens with two attached hydrogens (primary N) is 1. The molecule has 3 atom stereocenters. The third-order valence-electron chi connectivity index (χ3n) is 3.78. The summed E-state index contributed by atoms with van der Waals surface area (Å²) in [6.45, 7) is 4.37. The van der Waals surface area contributed by atoms with Crippen LogP contribution in [0.25, 0.3) is 0 Å². The van der Waals surface area contributed by atoms with Crippen LogP contribution in [-0.2, 0) is 10.0 Å². The SMILES string of the molecule is CC(NC1CCCSC1C)c1ccc(S(N)(=O)=O)cc1. The Morgan fingerprint density at radius 1 is 1.35 bits per heavy atom. The fourth-order valence-electron chi connectivity index (χ4n) is 2.51. The van der Waals surface area contributed by atoms with Gasteiger partial charge in [0.05, 0.1) is 4.90 Å². The van der Waals surface area contributed by atoms with E-state index in [1.165, 1.54) is 18.6 Å². The van der Waals surface area contributed by atoms with E-state index in [-0.39, 0.29) is 10.9 Å². The molecule has 1 fully saturated rings. The molecule has 0 aliphatic carbocycles. The normalized spacial score (nSPS) is 25.4. The summed E-state index contributed by atoms with van der Waals surface area (Å²) in [6.07, 6.45) is 2.46. The molecule has 6 heteroatoms.